The lowest BCUT2D eigenvalue weighted by molar-refractivity contribution is -0.124. The smallest absolute Gasteiger partial charge is 0.267 e. The number of benzene rings is 1. The maximum absolute atomic E-state index is 10.9. The number of hydrogen-bond acceptors (Lipinski definition) is 6. The Morgan fingerprint density at radius 3 is 2.74 bits per heavy atom. The number of ether oxygens (including phenoxy) is 2. The van der Waals surface area contributed by atoms with Gasteiger partial charge in [0.2, 0.25) is 0 Å². The molecule has 0 unspecified atom stereocenters. The first-order chi connectivity index (χ1) is 11.0. The Kier molecular flexibility index (Phi) is 8.10. The van der Waals surface area contributed by atoms with E-state index in [0.717, 1.165) is 0 Å². The largest absolute Gasteiger partial charge is 0.504 e. The third-order valence-corrected chi connectivity index (χ3v) is 3.27. The number of phenolic OH excluding ortho intramolecular Hbond substituents is 1. The topological polar surface area (TPSA) is 108 Å². The van der Waals surface area contributed by atoms with Crippen molar-refractivity contribution < 1.29 is 29.7 Å². The molecule has 2 atom stereocenters. The molecule has 1 amide bonds. The average molecular weight is 325 g/mol. The number of nitrogens with one attached hydrogen (secondary N) is 1. The molecule has 23 heavy (non-hydrogen) atoms. The van der Waals surface area contributed by atoms with Crippen LogP contribution in [-0.4, -0.2) is 41.1 Å². The van der Waals surface area contributed by atoms with Crippen molar-refractivity contribution in [1.29, 1.82) is 0 Å². The molecular formula is C16H23NO6. The van der Waals surface area contributed by atoms with Gasteiger partial charge >= 0.3 is 0 Å². The SMILES string of the molecule is CCO[C@@H](CC/C=C/C(=O)NO)[C@@H](O)c1ccc(OC)c(O)c1. The first-order valence-electron chi connectivity index (χ1n) is 7.30. The highest BCUT2D eigenvalue weighted by Gasteiger charge is 2.21. The van der Waals surface area contributed by atoms with Gasteiger partial charge in [-0.1, -0.05) is 12.1 Å². The Morgan fingerprint density at radius 1 is 1.43 bits per heavy atom. The summed E-state index contributed by atoms with van der Waals surface area (Å²) < 4.78 is 10.5. The lowest BCUT2D eigenvalue weighted by Crippen LogP contribution is -2.22. The number of allylic oxidation sites excluding steroid dienone is 1. The average Bonchev–Trinajstić information content (AvgIpc) is 2.56. The van der Waals surface area contributed by atoms with E-state index in [9.17, 15) is 15.0 Å². The summed E-state index contributed by atoms with van der Waals surface area (Å²) in [5.74, 6) is -0.343. The molecule has 7 heteroatoms. The minimum atomic E-state index is -0.924. The van der Waals surface area contributed by atoms with Crippen molar-refractivity contribution in [2.75, 3.05) is 13.7 Å². The van der Waals surface area contributed by atoms with Gasteiger partial charge < -0.3 is 19.7 Å². The van der Waals surface area contributed by atoms with Crippen LogP contribution in [0.25, 0.3) is 0 Å². The van der Waals surface area contributed by atoms with E-state index in [1.165, 1.54) is 24.7 Å². The van der Waals surface area contributed by atoms with Gasteiger partial charge in [-0.2, -0.15) is 0 Å². The van der Waals surface area contributed by atoms with Crippen LogP contribution >= 0.6 is 0 Å². The zero-order chi connectivity index (χ0) is 17.2. The number of aromatic hydroxyl groups is 1. The van der Waals surface area contributed by atoms with Crippen molar-refractivity contribution in [3.8, 4) is 11.5 Å². The Labute approximate surface area is 135 Å². The van der Waals surface area contributed by atoms with Crippen LogP contribution in [0, 0.1) is 0 Å². The fourth-order valence-electron chi connectivity index (χ4n) is 2.14. The molecule has 7 nitrogen and oxygen atoms in total. The summed E-state index contributed by atoms with van der Waals surface area (Å²) >= 11 is 0. The first kappa shape index (κ1) is 19.0. The van der Waals surface area contributed by atoms with E-state index in [2.05, 4.69) is 0 Å². The van der Waals surface area contributed by atoms with E-state index >= 15 is 0 Å². The maximum Gasteiger partial charge on any atom is 0.267 e. The molecular weight excluding hydrogens is 302 g/mol. The van der Waals surface area contributed by atoms with Crippen molar-refractivity contribution in [3.05, 3.63) is 35.9 Å². The van der Waals surface area contributed by atoms with E-state index in [1.807, 2.05) is 6.92 Å². The predicted molar refractivity (Wildman–Crippen MR) is 83.3 cm³/mol. The van der Waals surface area contributed by atoms with E-state index in [1.54, 1.807) is 18.2 Å². The van der Waals surface area contributed by atoms with Crippen molar-refractivity contribution in [3.63, 3.8) is 0 Å². The molecule has 0 bridgehead atoms. The molecule has 1 aromatic rings. The fraction of sp³-hybridized carbons (Fsp3) is 0.438. The molecule has 0 aliphatic rings. The molecule has 0 radical (unpaired) electrons. The summed E-state index contributed by atoms with van der Waals surface area (Å²) in [6, 6.07) is 4.66. The summed E-state index contributed by atoms with van der Waals surface area (Å²) in [4.78, 5) is 10.9. The molecule has 0 heterocycles. The number of methoxy groups -OCH3 is 1. The summed E-state index contributed by atoms with van der Waals surface area (Å²) in [5, 5.41) is 28.6. The molecule has 0 aliphatic carbocycles. The van der Waals surface area contributed by atoms with Crippen molar-refractivity contribution in [2.24, 2.45) is 0 Å². The molecule has 1 aromatic carbocycles. The van der Waals surface area contributed by atoms with Gasteiger partial charge in [-0.15, -0.1) is 0 Å². The predicted octanol–water partition coefficient (Wildman–Crippen LogP) is 1.68. The van der Waals surface area contributed by atoms with Crippen LogP contribution < -0.4 is 10.2 Å². The number of hydrogen-bond donors (Lipinski definition) is 4. The lowest BCUT2D eigenvalue weighted by Gasteiger charge is -2.23. The Bertz CT molecular complexity index is 531. The maximum atomic E-state index is 10.9. The lowest BCUT2D eigenvalue weighted by atomic mass is 10.00. The third-order valence-electron chi connectivity index (χ3n) is 3.27. The molecule has 0 saturated heterocycles. The fourth-order valence-corrected chi connectivity index (χ4v) is 2.14. The number of rotatable bonds is 9. The highest BCUT2D eigenvalue weighted by molar-refractivity contribution is 5.86. The van der Waals surface area contributed by atoms with Gasteiger partial charge in [0.05, 0.1) is 13.2 Å². The third kappa shape index (κ3) is 5.90. The summed E-state index contributed by atoms with van der Waals surface area (Å²) in [5.41, 5.74) is 2.01. The number of carbonyl (C=O) groups excluding carboxylic acids is 1. The zero-order valence-corrected chi connectivity index (χ0v) is 13.2. The van der Waals surface area contributed by atoms with Crippen molar-refractivity contribution in [2.45, 2.75) is 32.0 Å². The molecule has 0 saturated carbocycles. The highest BCUT2D eigenvalue weighted by atomic mass is 16.5. The summed E-state index contributed by atoms with van der Waals surface area (Å²) in [6.07, 6.45) is 2.32. The second kappa shape index (κ2) is 9.83. The number of aliphatic hydroxyl groups excluding tert-OH is 1. The van der Waals surface area contributed by atoms with Crippen molar-refractivity contribution in [1.82, 2.24) is 5.48 Å². The van der Waals surface area contributed by atoms with E-state index < -0.39 is 18.1 Å². The van der Waals surface area contributed by atoms with E-state index in [4.69, 9.17) is 14.7 Å². The van der Waals surface area contributed by atoms with Crippen LogP contribution in [-0.2, 0) is 9.53 Å². The van der Waals surface area contributed by atoms with Crippen LogP contribution in [0.2, 0.25) is 0 Å². The van der Waals surface area contributed by atoms with Gasteiger partial charge in [0, 0.05) is 12.7 Å². The monoisotopic (exact) mass is 325 g/mol. The number of carbonyl (C=O) groups is 1. The molecule has 1 rings (SSSR count). The molecule has 0 fully saturated rings. The van der Waals surface area contributed by atoms with Gasteiger partial charge in [-0.25, -0.2) is 5.48 Å². The van der Waals surface area contributed by atoms with Crippen LogP contribution in [0.1, 0.15) is 31.4 Å². The van der Waals surface area contributed by atoms with Crippen LogP contribution in [0.3, 0.4) is 0 Å². The minimum absolute atomic E-state index is 0.0567. The Balaban J connectivity index is 2.73. The molecule has 4 N–H and O–H groups in total. The van der Waals surface area contributed by atoms with Crippen molar-refractivity contribution >= 4 is 5.91 Å². The van der Waals surface area contributed by atoms with E-state index in [0.29, 0.717) is 30.8 Å². The Hall–Kier alpha value is -2.09. The normalized spacial score (nSPS) is 13.7. The summed E-state index contributed by atoms with van der Waals surface area (Å²) in [7, 11) is 1.45. The van der Waals surface area contributed by atoms with Gasteiger partial charge in [0.25, 0.3) is 5.91 Å². The minimum Gasteiger partial charge on any atom is -0.504 e. The number of hydroxylamine groups is 1. The van der Waals surface area contributed by atoms with Gasteiger partial charge in [0.1, 0.15) is 6.10 Å². The zero-order valence-electron chi connectivity index (χ0n) is 13.2. The van der Waals surface area contributed by atoms with E-state index in [-0.39, 0.29) is 5.75 Å². The van der Waals surface area contributed by atoms with Gasteiger partial charge in [-0.05, 0) is 37.5 Å². The quantitative estimate of drug-likeness (QED) is 0.312. The second-order valence-corrected chi connectivity index (χ2v) is 4.83. The number of aliphatic hydroxyl groups is 1. The standard InChI is InChI=1S/C16H23NO6/c1-3-23-14(6-4-5-7-15(19)17-21)16(20)11-8-9-13(22-2)12(18)10-11/h5,7-10,14,16,18,20-21H,3-4,6H2,1-2H3,(H,17,19)/b7-5+/t14-,16-/m0/s1. The second-order valence-electron chi connectivity index (χ2n) is 4.83. The highest BCUT2D eigenvalue weighted by Crippen LogP contribution is 2.31. The van der Waals surface area contributed by atoms with Crippen LogP contribution in [0.4, 0.5) is 0 Å². The number of phenols is 1. The molecule has 0 aliphatic heterocycles. The van der Waals surface area contributed by atoms with Crippen LogP contribution in [0.5, 0.6) is 11.5 Å². The molecule has 0 spiro atoms. The molecule has 0 aromatic heterocycles. The van der Waals surface area contributed by atoms with Gasteiger partial charge in [0.15, 0.2) is 11.5 Å². The molecule has 128 valence electrons. The number of amides is 1. The van der Waals surface area contributed by atoms with Crippen LogP contribution in [0.15, 0.2) is 30.4 Å². The van der Waals surface area contributed by atoms with Gasteiger partial charge in [-0.3, -0.25) is 10.0 Å². The summed E-state index contributed by atoms with van der Waals surface area (Å²) in [6.45, 7) is 2.24. The Morgan fingerprint density at radius 2 is 2.17 bits per heavy atom. The first-order valence-corrected chi connectivity index (χ1v) is 7.30.